The largest absolute Gasteiger partial charge is 0.481 e. The van der Waals surface area contributed by atoms with E-state index in [1.54, 1.807) is 6.07 Å². The van der Waals surface area contributed by atoms with Gasteiger partial charge in [-0.3, -0.25) is 13.8 Å². The zero-order chi connectivity index (χ0) is 14.3. The third-order valence-corrected chi connectivity index (χ3v) is 3.80. The average Bonchev–Trinajstić information content (AvgIpc) is 2.31. The number of benzene rings is 1. The van der Waals surface area contributed by atoms with Gasteiger partial charge in [-0.05, 0) is 25.0 Å². The number of carboxylic acids is 1. The number of nitrogens with one attached hydrogen (secondary N) is 1. The van der Waals surface area contributed by atoms with E-state index in [-0.39, 0.29) is 23.8 Å². The Morgan fingerprint density at radius 2 is 2.00 bits per heavy atom. The molecule has 0 saturated carbocycles. The van der Waals surface area contributed by atoms with Crippen molar-refractivity contribution in [2.75, 3.05) is 16.8 Å². The van der Waals surface area contributed by atoms with Crippen LogP contribution >= 0.6 is 0 Å². The standard InChI is InChI=1S/C13H17NO4S/c1-10-5-2-3-6-11(10)14-12(15)9-19(18)8-4-7-13(16)17/h2-3,5-6H,4,7-9H2,1H3,(H,14,15)(H,16,17). The molecule has 0 spiro atoms. The predicted molar refractivity (Wildman–Crippen MR) is 74.6 cm³/mol. The second-order valence-corrected chi connectivity index (χ2v) is 5.73. The van der Waals surface area contributed by atoms with Crippen LogP contribution in [-0.4, -0.2) is 32.7 Å². The minimum Gasteiger partial charge on any atom is -0.481 e. The molecular weight excluding hydrogens is 266 g/mol. The molecule has 0 saturated heterocycles. The zero-order valence-corrected chi connectivity index (χ0v) is 11.5. The Labute approximate surface area is 114 Å². The lowest BCUT2D eigenvalue weighted by Gasteiger charge is -2.07. The van der Waals surface area contributed by atoms with Gasteiger partial charge in [-0.25, -0.2) is 0 Å². The molecule has 0 heterocycles. The Hall–Kier alpha value is -1.69. The highest BCUT2D eigenvalue weighted by atomic mass is 32.2. The van der Waals surface area contributed by atoms with Crippen molar-refractivity contribution in [2.24, 2.45) is 0 Å². The molecule has 0 aliphatic carbocycles. The van der Waals surface area contributed by atoms with Crippen molar-refractivity contribution < 1.29 is 18.9 Å². The number of rotatable bonds is 7. The second-order valence-electron chi connectivity index (χ2n) is 4.15. The van der Waals surface area contributed by atoms with Crippen molar-refractivity contribution in [3.8, 4) is 0 Å². The Morgan fingerprint density at radius 1 is 1.32 bits per heavy atom. The molecule has 1 unspecified atom stereocenters. The Bertz CT molecular complexity index is 487. The topological polar surface area (TPSA) is 83.5 Å². The lowest BCUT2D eigenvalue weighted by atomic mass is 10.2. The number of amides is 1. The van der Waals surface area contributed by atoms with E-state index in [2.05, 4.69) is 5.32 Å². The molecule has 6 heteroatoms. The van der Waals surface area contributed by atoms with Crippen LogP contribution in [0.15, 0.2) is 24.3 Å². The van der Waals surface area contributed by atoms with E-state index in [1.807, 2.05) is 25.1 Å². The van der Waals surface area contributed by atoms with Gasteiger partial charge in [0.05, 0.1) is 0 Å². The first kappa shape index (κ1) is 15.4. The van der Waals surface area contributed by atoms with Crippen LogP contribution in [0.2, 0.25) is 0 Å². The van der Waals surface area contributed by atoms with E-state index in [1.165, 1.54) is 0 Å². The van der Waals surface area contributed by atoms with Crippen LogP contribution in [0.25, 0.3) is 0 Å². The van der Waals surface area contributed by atoms with E-state index in [9.17, 15) is 13.8 Å². The zero-order valence-electron chi connectivity index (χ0n) is 10.7. The summed E-state index contributed by atoms with van der Waals surface area (Å²) >= 11 is 0. The smallest absolute Gasteiger partial charge is 0.303 e. The monoisotopic (exact) mass is 283 g/mol. The van der Waals surface area contributed by atoms with E-state index < -0.39 is 16.8 Å². The van der Waals surface area contributed by atoms with Gasteiger partial charge in [0.2, 0.25) is 5.91 Å². The maximum absolute atomic E-state index is 11.7. The Balaban J connectivity index is 2.37. The van der Waals surface area contributed by atoms with Crippen molar-refractivity contribution in [3.63, 3.8) is 0 Å². The highest BCUT2D eigenvalue weighted by molar-refractivity contribution is 7.85. The molecule has 19 heavy (non-hydrogen) atoms. The van der Waals surface area contributed by atoms with Crippen molar-refractivity contribution in [2.45, 2.75) is 19.8 Å². The third-order valence-electron chi connectivity index (χ3n) is 2.47. The highest BCUT2D eigenvalue weighted by Crippen LogP contribution is 2.12. The van der Waals surface area contributed by atoms with E-state index in [0.29, 0.717) is 12.1 Å². The summed E-state index contributed by atoms with van der Waals surface area (Å²) in [4.78, 5) is 22.0. The molecule has 0 fully saturated rings. The van der Waals surface area contributed by atoms with Crippen LogP contribution in [0.5, 0.6) is 0 Å². The summed E-state index contributed by atoms with van der Waals surface area (Å²) in [5.74, 6) is -1.11. The predicted octanol–water partition coefficient (Wildman–Crippen LogP) is 1.55. The number of carbonyl (C=O) groups is 2. The number of aliphatic carboxylic acids is 1. The second kappa shape index (κ2) is 7.68. The van der Waals surface area contributed by atoms with Gasteiger partial charge in [0.15, 0.2) is 0 Å². The third kappa shape index (κ3) is 6.15. The maximum Gasteiger partial charge on any atom is 0.303 e. The quantitative estimate of drug-likeness (QED) is 0.795. The molecular formula is C13H17NO4S. The lowest BCUT2D eigenvalue weighted by Crippen LogP contribution is -2.21. The summed E-state index contributed by atoms with van der Waals surface area (Å²) in [7, 11) is -1.32. The molecule has 1 rings (SSSR count). The summed E-state index contributed by atoms with van der Waals surface area (Å²) in [6.07, 6.45) is 0.296. The molecule has 2 N–H and O–H groups in total. The van der Waals surface area contributed by atoms with Crippen LogP contribution < -0.4 is 5.32 Å². The number of aryl methyl sites for hydroxylation is 1. The normalized spacial score (nSPS) is 11.8. The summed E-state index contributed by atoms with van der Waals surface area (Å²) in [5.41, 5.74) is 1.64. The van der Waals surface area contributed by atoms with Gasteiger partial charge in [0.25, 0.3) is 0 Å². The van der Waals surface area contributed by atoms with Gasteiger partial charge < -0.3 is 10.4 Å². The fourth-order valence-electron chi connectivity index (χ4n) is 1.50. The maximum atomic E-state index is 11.7. The molecule has 1 atom stereocenters. The molecule has 1 aromatic carbocycles. The lowest BCUT2D eigenvalue weighted by molar-refractivity contribution is -0.137. The summed E-state index contributed by atoms with van der Waals surface area (Å²) < 4.78 is 11.6. The van der Waals surface area contributed by atoms with Crippen LogP contribution in [0.3, 0.4) is 0 Å². The summed E-state index contributed by atoms with van der Waals surface area (Å²) in [5, 5.41) is 11.1. The Kier molecular flexibility index (Phi) is 6.21. The number of anilines is 1. The SMILES string of the molecule is Cc1ccccc1NC(=O)CS(=O)CCCC(=O)O. The molecule has 104 valence electrons. The number of hydrogen-bond donors (Lipinski definition) is 2. The molecule has 1 amide bonds. The number of carbonyl (C=O) groups excluding carboxylic acids is 1. The Morgan fingerprint density at radius 3 is 2.63 bits per heavy atom. The van der Waals surface area contributed by atoms with Crippen molar-refractivity contribution in [1.82, 2.24) is 0 Å². The van der Waals surface area contributed by atoms with Gasteiger partial charge in [-0.2, -0.15) is 0 Å². The number of para-hydroxylation sites is 1. The van der Waals surface area contributed by atoms with Crippen LogP contribution in [0, 0.1) is 6.92 Å². The van der Waals surface area contributed by atoms with Crippen molar-refractivity contribution in [3.05, 3.63) is 29.8 Å². The fraction of sp³-hybridized carbons (Fsp3) is 0.385. The molecule has 0 aliphatic heterocycles. The molecule has 0 aromatic heterocycles. The van der Waals surface area contributed by atoms with E-state index in [4.69, 9.17) is 5.11 Å². The van der Waals surface area contributed by atoms with Gasteiger partial charge in [-0.15, -0.1) is 0 Å². The van der Waals surface area contributed by atoms with Crippen molar-refractivity contribution in [1.29, 1.82) is 0 Å². The molecule has 0 radical (unpaired) electrons. The van der Waals surface area contributed by atoms with Gasteiger partial charge in [-0.1, -0.05) is 18.2 Å². The fourth-order valence-corrected chi connectivity index (χ4v) is 2.48. The first-order valence-electron chi connectivity index (χ1n) is 5.91. The minimum absolute atomic E-state index is 0.0227. The summed E-state index contributed by atoms with van der Waals surface area (Å²) in [6.45, 7) is 1.87. The first-order valence-corrected chi connectivity index (χ1v) is 7.40. The molecule has 0 aliphatic rings. The van der Waals surface area contributed by atoms with E-state index in [0.717, 1.165) is 5.56 Å². The van der Waals surface area contributed by atoms with Gasteiger partial charge >= 0.3 is 5.97 Å². The van der Waals surface area contributed by atoms with Crippen LogP contribution in [-0.2, 0) is 20.4 Å². The molecule has 1 aromatic rings. The minimum atomic E-state index is -1.32. The van der Waals surface area contributed by atoms with Crippen molar-refractivity contribution >= 4 is 28.4 Å². The first-order chi connectivity index (χ1) is 8.99. The van der Waals surface area contributed by atoms with E-state index >= 15 is 0 Å². The average molecular weight is 283 g/mol. The molecule has 0 bridgehead atoms. The van der Waals surface area contributed by atoms with Crippen LogP contribution in [0.1, 0.15) is 18.4 Å². The number of carboxylic acid groups (broad SMARTS) is 1. The summed E-state index contributed by atoms with van der Waals surface area (Å²) in [6, 6.07) is 7.33. The van der Waals surface area contributed by atoms with Crippen LogP contribution in [0.4, 0.5) is 5.69 Å². The molecule has 5 nitrogen and oxygen atoms in total. The van der Waals surface area contributed by atoms with Gasteiger partial charge in [0, 0.05) is 28.7 Å². The van der Waals surface area contributed by atoms with Gasteiger partial charge in [0.1, 0.15) is 5.75 Å². The highest BCUT2D eigenvalue weighted by Gasteiger charge is 2.09. The number of hydrogen-bond acceptors (Lipinski definition) is 3.